The Balaban J connectivity index is 1.40. The number of aliphatic hydroxyl groups excluding tert-OH is 1. The van der Waals surface area contributed by atoms with Crippen molar-refractivity contribution in [3.05, 3.63) is 0 Å². The average molecular weight is 741 g/mol. The maximum atomic E-state index is 16.8. The van der Waals surface area contributed by atoms with Gasteiger partial charge in [0, 0.05) is 61.9 Å². The second kappa shape index (κ2) is 15.8. The number of halogens is 2. The van der Waals surface area contributed by atoms with E-state index in [2.05, 4.69) is 34.7 Å². The zero-order valence-electron chi connectivity index (χ0n) is 31.9. The Hall–Kier alpha value is -2.33. The number of urea groups is 1. The summed E-state index contributed by atoms with van der Waals surface area (Å²) in [5, 5.41) is 22.2. The Morgan fingerprint density at radius 1 is 1.08 bits per heavy atom. The lowest BCUT2D eigenvalue weighted by atomic mass is 9.71. The third-order valence-electron chi connectivity index (χ3n) is 12.3. The number of esters is 1. The van der Waals surface area contributed by atoms with Crippen LogP contribution in [0.15, 0.2) is 0 Å². The average Bonchev–Trinajstić information content (AvgIpc) is 3.08. The number of piperidine rings is 2. The van der Waals surface area contributed by atoms with Crippen LogP contribution in [0.5, 0.6) is 0 Å². The molecule has 5 heterocycles. The molecule has 13 unspecified atom stereocenters. The highest BCUT2D eigenvalue weighted by Gasteiger charge is 2.59. The molecule has 296 valence electrons. The molecular weight excluding hydrogens is 678 g/mol. The molecule has 6 fully saturated rings. The Bertz CT molecular complexity index is 1290. The lowest BCUT2D eigenvalue weighted by Gasteiger charge is -2.60. The van der Waals surface area contributed by atoms with Gasteiger partial charge in [0.2, 0.25) is 0 Å². The van der Waals surface area contributed by atoms with Crippen LogP contribution >= 0.6 is 0 Å². The molecule has 15 heteroatoms. The maximum absolute atomic E-state index is 16.8. The lowest BCUT2D eigenvalue weighted by molar-refractivity contribution is -0.180. The number of nitrogens with one attached hydrogen (secondary N) is 3. The standard InChI is InChI=1S/C37H62F2N6O7/c1-8-27(47)51-32-21-12-13-40-29(19(2)3)31(21)45-34-22(16-24(39)30(41-34)28-23(38)10-9-11-26(28)50-18-25(32)46)33(42-35(45)48)44-15-14-43(17-20(44)4)36(49)52-37(5,6)7/h19-26,28-34,40-41,46H,8-18H2,1-7H3,(H,42,48)/t20-,21?,22?,23?,24?,25?,26?,28?,29?,30?,31?,32?,33?,34?/m0/s1. The minimum Gasteiger partial charge on any atom is -0.459 e. The normalized spacial score (nSPS) is 41.9. The van der Waals surface area contributed by atoms with E-state index in [4.69, 9.17) is 14.2 Å². The number of nitrogens with zero attached hydrogens (tertiary/aromatic N) is 3. The van der Waals surface area contributed by atoms with Gasteiger partial charge in [0.25, 0.3) is 0 Å². The number of carbonyl (C=O) groups excluding carboxylic acids is 3. The van der Waals surface area contributed by atoms with Gasteiger partial charge >= 0.3 is 18.1 Å². The Labute approximate surface area is 307 Å². The molecule has 3 amide bonds. The minimum absolute atomic E-state index is 0.0350. The molecule has 5 aliphatic heterocycles. The third kappa shape index (κ3) is 7.90. The molecule has 1 saturated carbocycles. The highest BCUT2D eigenvalue weighted by atomic mass is 19.1. The largest absolute Gasteiger partial charge is 0.459 e. The predicted molar refractivity (Wildman–Crippen MR) is 189 cm³/mol. The van der Waals surface area contributed by atoms with Crippen molar-refractivity contribution >= 4 is 18.1 Å². The number of ether oxygens (including phenoxy) is 3. The molecule has 0 aromatic rings. The predicted octanol–water partition coefficient (Wildman–Crippen LogP) is 3.14. The van der Waals surface area contributed by atoms with Crippen molar-refractivity contribution < 1.29 is 42.5 Å². The molecule has 1 aliphatic carbocycles. The molecule has 13 nitrogen and oxygen atoms in total. The maximum Gasteiger partial charge on any atom is 0.410 e. The first-order chi connectivity index (χ1) is 24.6. The number of rotatable bonds is 4. The molecule has 14 atom stereocenters. The summed E-state index contributed by atoms with van der Waals surface area (Å²) in [5.74, 6) is -2.20. The van der Waals surface area contributed by atoms with E-state index in [0.717, 1.165) is 0 Å². The smallest absolute Gasteiger partial charge is 0.410 e. The highest BCUT2D eigenvalue weighted by Crippen LogP contribution is 2.44. The van der Waals surface area contributed by atoms with Crippen molar-refractivity contribution in [1.29, 1.82) is 0 Å². The van der Waals surface area contributed by atoms with Crippen LogP contribution in [-0.2, 0) is 19.0 Å². The number of piperazine rings is 1. The fourth-order valence-electron chi connectivity index (χ4n) is 9.99. The highest BCUT2D eigenvalue weighted by molar-refractivity contribution is 5.77. The summed E-state index contributed by atoms with van der Waals surface area (Å²) in [4.78, 5) is 46.3. The molecule has 52 heavy (non-hydrogen) atoms. The lowest BCUT2D eigenvalue weighted by Crippen LogP contribution is -2.80. The van der Waals surface area contributed by atoms with Gasteiger partial charge in [-0.2, -0.15) is 0 Å². The molecular formula is C37H62F2N6O7. The molecule has 2 bridgehead atoms. The van der Waals surface area contributed by atoms with Crippen molar-refractivity contribution in [3.8, 4) is 0 Å². The molecule has 0 aromatic heterocycles. The monoisotopic (exact) mass is 740 g/mol. The van der Waals surface area contributed by atoms with Crippen molar-refractivity contribution in [2.24, 2.45) is 23.7 Å². The first-order valence-electron chi connectivity index (χ1n) is 19.7. The summed E-state index contributed by atoms with van der Waals surface area (Å²) in [6.07, 6.45) is -5.28. The molecule has 6 aliphatic rings. The van der Waals surface area contributed by atoms with Gasteiger partial charge in [-0.15, -0.1) is 0 Å². The number of hydrogen-bond acceptors (Lipinski definition) is 10. The van der Waals surface area contributed by atoms with Gasteiger partial charge in [-0.05, 0) is 72.3 Å². The van der Waals surface area contributed by atoms with Gasteiger partial charge in [-0.3, -0.25) is 15.0 Å². The quantitative estimate of drug-likeness (QED) is 0.318. The Kier molecular flexibility index (Phi) is 12.0. The minimum atomic E-state index is -1.43. The van der Waals surface area contributed by atoms with Crippen molar-refractivity contribution in [1.82, 2.24) is 30.7 Å². The second-order valence-corrected chi connectivity index (χ2v) is 17.3. The summed E-state index contributed by atoms with van der Waals surface area (Å²) in [6.45, 7) is 14.9. The van der Waals surface area contributed by atoms with Crippen molar-refractivity contribution in [3.63, 3.8) is 0 Å². The van der Waals surface area contributed by atoms with E-state index in [1.54, 1.807) is 16.7 Å². The molecule has 0 radical (unpaired) electrons. The fraction of sp³-hybridized carbons (Fsp3) is 0.919. The van der Waals surface area contributed by atoms with Gasteiger partial charge in [0.05, 0.1) is 31.1 Å². The first kappa shape index (κ1) is 39.4. The molecule has 6 rings (SSSR count). The van der Waals surface area contributed by atoms with E-state index in [-0.39, 0.29) is 49.9 Å². The van der Waals surface area contributed by atoms with Gasteiger partial charge in [0.1, 0.15) is 30.2 Å². The van der Waals surface area contributed by atoms with Crippen LogP contribution in [0, 0.1) is 23.7 Å². The Morgan fingerprint density at radius 2 is 1.83 bits per heavy atom. The number of carbonyl (C=O) groups is 3. The van der Waals surface area contributed by atoms with Crippen LogP contribution in [0.3, 0.4) is 0 Å². The van der Waals surface area contributed by atoms with Crippen LogP contribution < -0.4 is 16.0 Å². The zero-order chi connectivity index (χ0) is 37.6. The summed E-state index contributed by atoms with van der Waals surface area (Å²) < 4.78 is 50.8. The fourth-order valence-corrected chi connectivity index (χ4v) is 9.99. The first-order valence-corrected chi connectivity index (χ1v) is 19.7. The van der Waals surface area contributed by atoms with Gasteiger partial charge < -0.3 is 39.8 Å². The van der Waals surface area contributed by atoms with E-state index in [9.17, 15) is 19.5 Å². The topological polar surface area (TPSA) is 145 Å². The molecule has 5 saturated heterocycles. The van der Waals surface area contributed by atoms with E-state index in [1.807, 2.05) is 27.7 Å². The summed E-state index contributed by atoms with van der Waals surface area (Å²) >= 11 is 0. The summed E-state index contributed by atoms with van der Waals surface area (Å²) in [7, 11) is 0. The number of fused-ring (bicyclic) bond motifs is 5. The van der Waals surface area contributed by atoms with Crippen LogP contribution in [0.2, 0.25) is 0 Å². The van der Waals surface area contributed by atoms with Gasteiger partial charge in [-0.1, -0.05) is 20.8 Å². The summed E-state index contributed by atoms with van der Waals surface area (Å²) in [6, 6.07) is -2.29. The molecule has 4 N–H and O–H groups in total. The SMILES string of the molecule is CCC(=O)OC1C(O)COC2CCCC(F)C2C2NC3C(CC2F)C(N2CCN(C(=O)OC(C)(C)C)C[C@@H]2C)NC(=O)N3C2C1CCNC2C(C)C. The van der Waals surface area contributed by atoms with Gasteiger partial charge in [0.15, 0.2) is 0 Å². The van der Waals surface area contributed by atoms with Gasteiger partial charge in [-0.25, -0.2) is 18.4 Å². The van der Waals surface area contributed by atoms with Crippen molar-refractivity contribution in [2.75, 3.05) is 32.8 Å². The number of aliphatic hydroxyl groups is 1. The van der Waals surface area contributed by atoms with Crippen molar-refractivity contribution in [2.45, 2.75) is 160 Å². The third-order valence-corrected chi connectivity index (χ3v) is 12.3. The van der Waals surface area contributed by atoms with E-state index in [1.165, 1.54) is 0 Å². The van der Waals surface area contributed by atoms with Crippen LogP contribution in [0.1, 0.15) is 87.0 Å². The van der Waals surface area contributed by atoms with E-state index < -0.39 is 90.5 Å². The molecule has 0 spiro atoms. The number of alkyl halides is 2. The van der Waals surface area contributed by atoms with E-state index in [0.29, 0.717) is 45.4 Å². The van der Waals surface area contributed by atoms with Crippen LogP contribution in [-0.4, -0.2) is 143 Å². The second-order valence-electron chi connectivity index (χ2n) is 17.3. The summed E-state index contributed by atoms with van der Waals surface area (Å²) in [5.41, 5.74) is -0.642. The number of amides is 3. The molecule has 0 aromatic carbocycles. The van der Waals surface area contributed by atoms with E-state index >= 15 is 8.78 Å². The van der Waals surface area contributed by atoms with Crippen LogP contribution in [0.4, 0.5) is 18.4 Å². The number of hydrogen-bond donors (Lipinski definition) is 4. The Morgan fingerprint density at radius 3 is 2.50 bits per heavy atom. The zero-order valence-corrected chi connectivity index (χ0v) is 31.9. The van der Waals surface area contributed by atoms with Crippen LogP contribution in [0.25, 0.3) is 0 Å².